The highest BCUT2D eigenvalue weighted by Gasteiger charge is 2.18. The number of aromatic nitrogens is 2. The molecule has 2 aromatic heterocycles. The van der Waals surface area contributed by atoms with Crippen molar-refractivity contribution >= 4 is 46.1 Å². The van der Waals surface area contributed by atoms with Crippen molar-refractivity contribution in [3.8, 4) is 5.75 Å². The van der Waals surface area contributed by atoms with Gasteiger partial charge in [-0.05, 0) is 49.6 Å². The molecular weight excluding hydrogens is 484 g/mol. The summed E-state index contributed by atoms with van der Waals surface area (Å²) in [4.78, 5) is 13.4. The minimum absolute atomic E-state index is 0.166. The van der Waals surface area contributed by atoms with Crippen LogP contribution in [0.5, 0.6) is 5.75 Å². The van der Waals surface area contributed by atoms with Crippen LogP contribution in [0, 0.1) is 19.7 Å². The first-order valence-corrected chi connectivity index (χ1v) is 11.7. The number of hydrogen-bond acceptors (Lipinski definition) is 4. The quantitative estimate of drug-likeness (QED) is 0.298. The van der Waals surface area contributed by atoms with Crippen LogP contribution in [0.3, 0.4) is 0 Å². The van der Waals surface area contributed by atoms with Crippen molar-refractivity contribution in [3.05, 3.63) is 97.2 Å². The average Bonchev–Trinajstić information content (AvgIpc) is 3.36. The predicted octanol–water partition coefficient (Wildman–Crippen LogP) is 6.89. The van der Waals surface area contributed by atoms with Crippen molar-refractivity contribution in [2.45, 2.75) is 27.0 Å². The van der Waals surface area contributed by atoms with Gasteiger partial charge in [0.05, 0.1) is 28.5 Å². The topological polar surface area (TPSA) is 56.2 Å². The number of hydrogen-bond donors (Lipinski definition) is 1. The number of para-hydroxylation sites is 1. The van der Waals surface area contributed by atoms with Gasteiger partial charge >= 0.3 is 0 Å². The van der Waals surface area contributed by atoms with E-state index in [0.717, 1.165) is 16.8 Å². The highest BCUT2D eigenvalue weighted by atomic mass is 35.5. The van der Waals surface area contributed by atoms with E-state index in [0.29, 0.717) is 32.8 Å². The minimum atomic E-state index is -0.424. The summed E-state index contributed by atoms with van der Waals surface area (Å²) >= 11 is 13.9. The molecule has 0 aliphatic carbocycles. The van der Waals surface area contributed by atoms with E-state index < -0.39 is 5.82 Å². The van der Waals surface area contributed by atoms with Crippen LogP contribution < -0.4 is 10.1 Å². The van der Waals surface area contributed by atoms with Gasteiger partial charge in [-0.15, -0.1) is 11.3 Å². The van der Waals surface area contributed by atoms with Gasteiger partial charge < -0.3 is 10.1 Å². The standard InChI is InChI=1S/C24H20Cl2FN3O2S/c1-14-23(15(2)30(29-14)11-17-18(25)6-5-7-19(17)26)28-24(31)22-10-16(13-33-22)12-32-21-9-4-3-8-20(21)27/h3-10,13H,11-12H2,1-2H3,(H,28,31). The molecule has 0 saturated heterocycles. The molecule has 2 aromatic carbocycles. The lowest BCUT2D eigenvalue weighted by molar-refractivity contribution is 0.103. The normalized spacial score (nSPS) is 10.9. The summed E-state index contributed by atoms with van der Waals surface area (Å²) in [5.74, 6) is -0.502. The molecular formula is C24H20Cl2FN3O2S. The maximum absolute atomic E-state index is 13.7. The summed E-state index contributed by atoms with van der Waals surface area (Å²) in [6, 6.07) is 13.3. The number of nitrogens with one attached hydrogen (secondary N) is 1. The SMILES string of the molecule is Cc1nn(Cc2c(Cl)cccc2Cl)c(C)c1NC(=O)c1cc(COc2ccccc2F)cs1. The lowest BCUT2D eigenvalue weighted by atomic mass is 10.2. The van der Waals surface area contributed by atoms with Crippen molar-refractivity contribution in [3.63, 3.8) is 0 Å². The summed E-state index contributed by atoms with van der Waals surface area (Å²) < 4.78 is 21.0. The van der Waals surface area contributed by atoms with Gasteiger partial charge in [-0.1, -0.05) is 41.4 Å². The maximum Gasteiger partial charge on any atom is 0.265 e. The first-order chi connectivity index (χ1) is 15.8. The Morgan fingerprint density at radius 3 is 2.61 bits per heavy atom. The Balaban J connectivity index is 1.45. The van der Waals surface area contributed by atoms with Crippen LogP contribution >= 0.6 is 34.5 Å². The fourth-order valence-electron chi connectivity index (χ4n) is 3.33. The monoisotopic (exact) mass is 503 g/mol. The molecule has 0 atom stereocenters. The molecule has 0 unspecified atom stereocenters. The predicted molar refractivity (Wildman–Crippen MR) is 130 cm³/mol. The second-order valence-electron chi connectivity index (χ2n) is 7.40. The van der Waals surface area contributed by atoms with E-state index in [1.807, 2.05) is 19.2 Å². The number of amides is 1. The number of carbonyl (C=O) groups is 1. The minimum Gasteiger partial charge on any atom is -0.486 e. The second-order valence-corrected chi connectivity index (χ2v) is 9.12. The van der Waals surface area contributed by atoms with Crippen LogP contribution in [0.2, 0.25) is 10.0 Å². The van der Waals surface area contributed by atoms with Gasteiger partial charge in [0, 0.05) is 21.2 Å². The van der Waals surface area contributed by atoms with Crippen molar-refractivity contribution < 1.29 is 13.9 Å². The molecule has 2 heterocycles. The first kappa shape index (κ1) is 23.3. The molecule has 0 fully saturated rings. The Bertz CT molecular complexity index is 1300. The molecule has 0 aliphatic rings. The summed E-state index contributed by atoms with van der Waals surface area (Å²) in [5, 5.41) is 10.4. The van der Waals surface area contributed by atoms with Crippen LogP contribution in [0.4, 0.5) is 10.1 Å². The summed E-state index contributed by atoms with van der Waals surface area (Å²) in [5.41, 5.74) is 3.66. The third-order valence-corrected chi connectivity index (χ3v) is 6.78. The van der Waals surface area contributed by atoms with E-state index in [4.69, 9.17) is 27.9 Å². The number of halogens is 3. The number of ether oxygens (including phenoxy) is 1. The molecule has 1 N–H and O–H groups in total. The Morgan fingerprint density at radius 1 is 1.15 bits per heavy atom. The van der Waals surface area contributed by atoms with E-state index in [-0.39, 0.29) is 18.3 Å². The zero-order valence-electron chi connectivity index (χ0n) is 17.9. The number of anilines is 1. The molecule has 4 rings (SSSR count). The van der Waals surface area contributed by atoms with E-state index >= 15 is 0 Å². The van der Waals surface area contributed by atoms with Crippen LogP contribution in [-0.4, -0.2) is 15.7 Å². The van der Waals surface area contributed by atoms with Crippen LogP contribution in [0.1, 0.15) is 32.2 Å². The van der Waals surface area contributed by atoms with Gasteiger partial charge in [-0.25, -0.2) is 4.39 Å². The number of rotatable bonds is 7. The highest BCUT2D eigenvalue weighted by Crippen LogP contribution is 2.28. The van der Waals surface area contributed by atoms with Crippen molar-refractivity contribution in [1.29, 1.82) is 0 Å². The molecule has 0 bridgehead atoms. The Kier molecular flexibility index (Phi) is 7.02. The number of benzene rings is 2. The van der Waals surface area contributed by atoms with Gasteiger partial charge in [-0.3, -0.25) is 9.48 Å². The van der Waals surface area contributed by atoms with Gasteiger partial charge in [0.2, 0.25) is 0 Å². The van der Waals surface area contributed by atoms with E-state index in [1.165, 1.54) is 17.4 Å². The van der Waals surface area contributed by atoms with Crippen molar-refractivity contribution in [1.82, 2.24) is 9.78 Å². The number of thiophene rings is 1. The zero-order chi connectivity index (χ0) is 23.5. The van der Waals surface area contributed by atoms with Gasteiger partial charge in [-0.2, -0.15) is 5.10 Å². The third kappa shape index (κ3) is 5.21. The molecule has 0 spiro atoms. The molecule has 170 valence electrons. The van der Waals surface area contributed by atoms with Gasteiger partial charge in [0.1, 0.15) is 6.61 Å². The smallest absolute Gasteiger partial charge is 0.265 e. The van der Waals surface area contributed by atoms with Gasteiger partial charge in [0.15, 0.2) is 11.6 Å². The lowest BCUT2D eigenvalue weighted by Crippen LogP contribution is -2.12. The number of nitrogens with zero attached hydrogens (tertiary/aromatic N) is 2. The van der Waals surface area contributed by atoms with Crippen LogP contribution in [0.25, 0.3) is 0 Å². The average molecular weight is 504 g/mol. The molecule has 0 aliphatic heterocycles. The number of aryl methyl sites for hydroxylation is 1. The van der Waals surface area contributed by atoms with E-state index in [2.05, 4.69) is 10.4 Å². The molecule has 0 saturated carbocycles. The van der Waals surface area contributed by atoms with Gasteiger partial charge in [0.25, 0.3) is 5.91 Å². The highest BCUT2D eigenvalue weighted by molar-refractivity contribution is 7.12. The van der Waals surface area contributed by atoms with E-state index in [1.54, 1.807) is 47.1 Å². The van der Waals surface area contributed by atoms with Crippen LogP contribution in [0.15, 0.2) is 53.9 Å². The first-order valence-electron chi connectivity index (χ1n) is 10.1. The molecule has 9 heteroatoms. The zero-order valence-corrected chi connectivity index (χ0v) is 20.2. The molecule has 33 heavy (non-hydrogen) atoms. The Morgan fingerprint density at radius 2 is 1.88 bits per heavy atom. The third-order valence-electron chi connectivity index (χ3n) is 5.10. The molecule has 4 aromatic rings. The van der Waals surface area contributed by atoms with Crippen molar-refractivity contribution in [2.24, 2.45) is 0 Å². The fourth-order valence-corrected chi connectivity index (χ4v) is 4.64. The maximum atomic E-state index is 13.7. The summed E-state index contributed by atoms with van der Waals surface area (Å²) in [6.07, 6.45) is 0. The lowest BCUT2D eigenvalue weighted by Gasteiger charge is -2.09. The summed E-state index contributed by atoms with van der Waals surface area (Å²) in [6.45, 7) is 4.26. The molecule has 0 radical (unpaired) electrons. The molecule has 5 nitrogen and oxygen atoms in total. The van der Waals surface area contributed by atoms with Crippen LogP contribution in [-0.2, 0) is 13.2 Å². The van der Waals surface area contributed by atoms with E-state index in [9.17, 15) is 9.18 Å². The Labute approximate surface area is 204 Å². The summed E-state index contributed by atoms with van der Waals surface area (Å²) in [7, 11) is 0. The second kappa shape index (κ2) is 9.95. The molecule has 1 amide bonds. The largest absolute Gasteiger partial charge is 0.486 e. The Hall–Kier alpha value is -2.87. The fraction of sp³-hybridized carbons (Fsp3) is 0.167. The van der Waals surface area contributed by atoms with Crippen molar-refractivity contribution in [2.75, 3.05) is 5.32 Å². The number of carbonyl (C=O) groups excluding carboxylic acids is 1.